The fraction of sp³-hybridized carbons (Fsp3) is 0.200. The molecule has 0 radical (unpaired) electrons. The number of aromatic nitrogens is 4. The number of Topliss-reactive ketones (excluding diaryl/α,β-unsaturated/α-hetero) is 1. The van der Waals surface area contributed by atoms with Gasteiger partial charge in [-0.1, -0.05) is 39.0 Å². The quantitative estimate of drug-likeness (QED) is 0.451. The van der Waals surface area contributed by atoms with Gasteiger partial charge in [-0.3, -0.25) is 14.2 Å². The van der Waals surface area contributed by atoms with Gasteiger partial charge >= 0.3 is 0 Å². The Morgan fingerprint density at radius 3 is 2.73 bits per heavy atom. The number of nitrogens with one attached hydrogen (secondary N) is 1. The minimum atomic E-state index is -0.583. The molecule has 130 valence electrons. The molecule has 1 N–H and O–H groups in total. The standard InChI is InChI=1S/C20H18N4O2/c1-20(2,3)18(26)14-10-24(11-25)19-17(14)23-16(9-22-19)13-8-21-15-7-5-4-6-12(13)15/h4-11,21H,1-3H3. The SMILES string of the molecule is CC(C)(C)C(=O)c1cn(C=O)c2ncc(-c3c[nH]c4ccccc34)nc12. The van der Waals surface area contributed by atoms with Gasteiger partial charge in [-0.25, -0.2) is 9.97 Å². The molecule has 0 atom stereocenters. The Morgan fingerprint density at radius 2 is 2.00 bits per heavy atom. The number of H-pyrrole nitrogens is 1. The van der Waals surface area contributed by atoms with Crippen molar-refractivity contribution >= 4 is 34.3 Å². The van der Waals surface area contributed by atoms with Gasteiger partial charge in [-0.2, -0.15) is 0 Å². The van der Waals surface area contributed by atoms with Crippen molar-refractivity contribution in [3.8, 4) is 11.3 Å². The van der Waals surface area contributed by atoms with E-state index < -0.39 is 5.41 Å². The zero-order valence-electron chi connectivity index (χ0n) is 14.8. The molecule has 0 bridgehead atoms. The number of para-hydroxylation sites is 1. The Labute approximate surface area is 149 Å². The number of fused-ring (bicyclic) bond motifs is 2. The monoisotopic (exact) mass is 346 g/mol. The van der Waals surface area contributed by atoms with Crippen LogP contribution in [-0.2, 0) is 4.79 Å². The van der Waals surface area contributed by atoms with Gasteiger partial charge in [0, 0.05) is 34.3 Å². The molecule has 4 rings (SSSR count). The number of hydrogen-bond acceptors (Lipinski definition) is 4. The van der Waals surface area contributed by atoms with Gasteiger partial charge in [0.15, 0.2) is 11.4 Å². The molecular formula is C20H18N4O2. The van der Waals surface area contributed by atoms with E-state index in [1.165, 1.54) is 10.8 Å². The zero-order valence-corrected chi connectivity index (χ0v) is 14.8. The van der Waals surface area contributed by atoms with Gasteiger partial charge in [0.2, 0.25) is 6.41 Å². The van der Waals surface area contributed by atoms with Gasteiger partial charge in [0.05, 0.1) is 17.5 Å². The zero-order chi connectivity index (χ0) is 18.5. The average Bonchev–Trinajstić information content (AvgIpc) is 3.21. The van der Waals surface area contributed by atoms with Gasteiger partial charge in [0.1, 0.15) is 5.52 Å². The molecule has 0 aliphatic carbocycles. The van der Waals surface area contributed by atoms with Crippen molar-refractivity contribution in [2.75, 3.05) is 0 Å². The second kappa shape index (κ2) is 5.62. The molecule has 0 spiro atoms. The van der Waals surface area contributed by atoms with Crippen LogP contribution in [0.1, 0.15) is 31.1 Å². The highest BCUT2D eigenvalue weighted by molar-refractivity contribution is 6.09. The number of carbonyl (C=O) groups excluding carboxylic acids is 2. The first-order valence-corrected chi connectivity index (χ1v) is 8.34. The Bertz CT molecular complexity index is 1160. The van der Waals surface area contributed by atoms with E-state index in [4.69, 9.17) is 0 Å². The summed E-state index contributed by atoms with van der Waals surface area (Å²) in [5.41, 5.74) is 3.22. The van der Waals surface area contributed by atoms with Crippen molar-refractivity contribution in [1.82, 2.24) is 19.5 Å². The average molecular weight is 346 g/mol. The van der Waals surface area contributed by atoms with Crippen molar-refractivity contribution in [3.05, 3.63) is 48.4 Å². The highest BCUT2D eigenvalue weighted by Crippen LogP contribution is 2.30. The number of aromatic amines is 1. The van der Waals surface area contributed by atoms with Crippen LogP contribution in [-0.4, -0.2) is 31.7 Å². The van der Waals surface area contributed by atoms with Crippen LogP contribution in [0.4, 0.5) is 0 Å². The van der Waals surface area contributed by atoms with Crippen LogP contribution in [0, 0.1) is 5.41 Å². The van der Waals surface area contributed by atoms with Crippen LogP contribution in [0.3, 0.4) is 0 Å². The molecule has 0 unspecified atom stereocenters. The first-order valence-electron chi connectivity index (χ1n) is 8.34. The summed E-state index contributed by atoms with van der Waals surface area (Å²) in [7, 11) is 0. The smallest absolute Gasteiger partial charge is 0.219 e. The lowest BCUT2D eigenvalue weighted by atomic mass is 9.87. The molecule has 0 amide bonds. The van der Waals surface area contributed by atoms with Crippen LogP contribution >= 0.6 is 0 Å². The predicted octanol–water partition coefficient (Wildman–Crippen LogP) is 3.85. The minimum Gasteiger partial charge on any atom is -0.360 e. The fourth-order valence-electron chi connectivity index (χ4n) is 3.08. The Balaban J connectivity index is 1.97. The molecule has 6 heteroatoms. The maximum atomic E-state index is 12.8. The molecule has 0 aliphatic rings. The molecular weight excluding hydrogens is 328 g/mol. The predicted molar refractivity (Wildman–Crippen MR) is 101 cm³/mol. The Morgan fingerprint density at radius 1 is 1.23 bits per heavy atom. The number of benzene rings is 1. The molecule has 0 fully saturated rings. The maximum Gasteiger partial charge on any atom is 0.219 e. The molecule has 3 aromatic heterocycles. The molecule has 6 nitrogen and oxygen atoms in total. The Kier molecular flexibility index (Phi) is 3.50. The lowest BCUT2D eigenvalue weighted by Crippen LogP contribution is -2.20. The van der Waals surface area contributed by atoms with Gasteiger partial charge < -0.3 is 4.98 Å². The topological polar surface area (TPSA) is 80.6 Å². The third kappa shape index (κ3) is 2.42. The van der Waals surface area contributed by atoms with Gasteiger partial charge in [0.25, 0.3) is 0 Å². The largest absolute Gasteiger partial charge is 0.360 e. The van der Waals surface area contributed by atoms with Crippen LogP contribution in [0.2, 0.25) is 0 Å². The van der Waals surface area contributed by atoms with Crippen molar-refractivity contribution in [2.24, 2.45) is 5.41 Å². The van der Waals surface area contributed by atoms with E-state index in [0.717, 1.165) is 16.5 Å². The molecule has 1 aromatic carbocycles. The van der Waals surface area contributed by atoms with Crippen molar-refractivity contribution in [2.45, 2.75) is 20.8 Å². The molecule has 0 saturated heterocycles. The first kappa shape index (κ1) is 16.2. The van der Waals surface area contributed by atoms with E-state index >= 15 is 0 Å². The summed E-state index contributed by atoms with van der Waals surface area (Å²) < 4.78 is 1.31. The third-order valence-electron chi connectivity index (χ3n) is 4.43. The molecule has 26 heavy (non-hydrogen) atoms. The number of hydrogen-bond donors (Lipinski definition) is 1. The van der Waals surface area contributed by atoms with Crippen molar-refractivity contribution in [1.29, 1.82) is 0 Å². The maximum absolute atomic E-state index is 12.8. The van der Waals surface area contributed by atoms with E-state index in [-0.39, 0.29) is 5.78 Å². The second-order valence-electron chi connectivity index (χ2n) is 7.31. The highest BCUT2D eigenvalue weighted by Gasteiger charge is 2.28. The third-order valence-corrected chi connectivity index (χ3v) is 4.43. The summed E-state index contributed by atoms with van der Waals surface area (Å²) in [5.74, 6) is -0.0755. The van der Waals surface area contributed by atoms with E-state index in [1.54, 1.807) is 6.20 Å². The lowest BCUT2D eigenvalue weighted by molar-refractivity contribution is 0.0860. The Hall–Kier alpha value is -3.28. The van der Waals surface area contributed by atoms with E-state index in [9.17, 15) is 9.59 Å². The summed E-state index contributed by atoms with van der Waals surface area (Å²) >= 11 is 0. The minimum absolute atomic E-state index is 0.0755. The van der Waals surface area contributed by atoms with Crippen molar-refractivity contribution in [3.63, 3.8) is 0 Å². The van der Waals surface area contributed by atoms with Crippen LogP contribution < -0.4 is 0 Å². The van der Waals surface area contributed by atoms with E-state index in [0.29, 0.717) is 28.8 Å². The lowest BCUT2D eigenvalue weighted by Gasteiger charge is -2.15. The molecule has 0 aliphatic heterocycles. The normalized spacial score (nSPS) is 12.0. The van der Waals surface area contributed by atoms with E-state index in [2.05, 4.69) is 15.0 Å². The van der Waals surface area contributed by atoms with Crippen LogP contribution in [0.25, 0.3) is 33.3 Å². The van der Waals surface area contributed by atoms with Crippen LogP contribution in [0.5, 0.6) is 0 Å². The summed E-state index contributed by atoms with van der Waals surface area (Å²) in [5, 5.41) is 1.03. The number of nitrogens with zero attached hydrogens (tertiary/aromatic N) is 3. The highest BCUT2D eigenvalue weighted by atomic mass is 16.1. The first-order chi connectivity index (χ1) is 12.4. The van der Waals surface area contributed by atoms with Crippen LogP contribution in [0.15, 0.2) is 42.9 Å². The fourth-order valence-corrected chi connectivity index (χ4v) is 3.08. The summed E-state index contributed by atoms with van der Waals surface area (Å²) in [6, 6.07) is 7.91. The van der Waals surface area contributed by atoms with Crippen molar-refractivity contribution < 1.29 is 9.59 Å². The number of carbonyl (C=O) groups is 2. The van der Waals surface area contributed by atoms with Gasteiger partial charge in [-0.15, -0.1) is 0 Å². The summed E-state index contributed by atoms with van der Waals surface area (Å²) in [4.78, 5) is 36.5. The molecule has 3 heterocycles. The molecule has 0 saturated carbocycles. The van der Waals surface area contributed by atoms with Gasteiger partial charge in [-0.05, 0) is 6.07 Å². The van der Waals surface area contributed by atoms with E-state index in [1.807, 2.05) is 51.2 Å². The second-order valence-corrected chi connectivity index (χ2v) is 7.31. The number of rotatable bonds is 3. The summed E-state index contributed by atoms with van der Waals surface area (Å²) in [6.07, 6.45) is 5.66. The summed E-state index contributed by atoms with van der Waals surface area (Å²) in [6.45, 7) is 5.53. The molecule has 4 aromatic rings. The number of ketones is 1.